The summed E-state index contributed by atoms with van der Waals surface area (Å²) in [5.74, 6) is 0. The van der Waals surface area contributed by atoms with Crippen molar-refractivity contribution in [3.8, 4) is 0 Å². The molecule has 0 spiro atoms. The number of rotatable bonds is 5. The first-order valence-corrected chi connectivity index (χ1v) is 2.57. The van der Waals surface area contributed by atoms with Gasteiger partial charge in [-0.15, -0.1) is 4.91 Å². The normalized spacial score (nSPS) is 8.62. The van der Waals surface area contributed by atoms with Crippen LogP contribution in [0.3, 0.4) is 0 Å². The predicted molar refractivity (Wildman–Crippen MR) is 30.3 cm³/mol. The Balaban J connectivity index is 2.62. The molecule has 4 nitrogen and oxygen atoms in total. The molecule has 8 heavy (non-hydrogen) atoms. The molecule has 4 heteroatoms. The van der Waals surface area contributed by atoms with Gasteiger partial charge in [-0.2, -0.15) is 0 Å². The third-order valence-corrected chi connectivity index (χ3v) is 0.673. The summed E-state index contributed by atoms with van der Waals surface area (Å²) in [7, 11) is 0. The third kappa shape index (κ3) is 5.36. The number of nitrogens with zero attached hydrogens (tertiary/aromatic N) is 1. The number of hydrogen-bond acceptors (Lipinski definition) is 4. The van der Waals surface area contributed by atoms with E-state index in [2.05, 4.69) is 15.5 Å². The molecule has 48 valence electrons. The molecule has 0 saturated carbocycles. The summed E-state index contributed by atoms with van der Waals surface area (Å²) in [5, 5.41) is 5.18. The molecule has 0 aliphatic carbocycles. The maximum absolute atomic E-state index is 9.27. The van der Waals surface area contributed by atoms with Crippen LogP contribution in [0, 0.1) is 4.91 Å². The number of hydrogen-bond donors (Lipinski definition) is 1. The average molecular weight is 118 g/mol. The smallest absolute Gasteiger partial charge is 0.155 e. The van der Waals surface area contributed by atoms with Crippen LogP contribution in [0.15, 0.2) is 5.34 Å². The van der Waals surface area contributed by atoms with Gasteiger partial charge in [0, 0.05) is 6.54 Å². The number of likely N-dealkylation sites (N-methyl/N-ethyl adjacent to an activating group) is 1. The molecule has 0 atom stereocenters. The largest absolute Gasteiger partial charge is 0.363 e. The fourth-order valence-electron chi connectivity index (χ4n) is 0.332. The third-order valence-electron chi connectivity index (χ3n) is 0.673. The van der Waals surface area contributed by atoms with Crippen LogP contribution in [-0.4, -0.2) is 19.7 Å². The van der Waals surface area contributed by atoms with E-state index < -0.39 is 0 Å². The fraction of sp³-hybridized carbons (Fsp3) is 1.00. The highest BCUT2D eigenvalue weighted by Gasteiger charge is 1.81. The molecule has 0 aromatic heterocycles. The molecule has 1 N–H and O–H groups in total. The van der Waals surface area contributed by atoms with Crippen molar-refractivity contribution in [1.82, 2.24) is 5.32 Å². The van der Waals surface area contributed by atoms with Gasteiger partial charge in [0.05, 0.1) is 0 Å². The maximum atomic E-state index is 9.27. The van der Waals surface area contributed by atoms with Crippen LogP contribution in [0.4, 0.5) is 0 Å². The Kier molecular flexibility index (Phi) is 5.85. The van der Waals surface area contributed by atoms with E-state index in [4.69, 9.17) is 0 Å². The van der Waals surface area contributed by atoms with Crippen molar-refractivity contribution in [2.45, 2.75) is 6.92 Å². The minimum absolute atomic E-state index is 0.358. The molecule has 0 aromatic rings. The number of nitrogens with one attached hydrogen (secondary N) is 1. The van der Waals surface area contributed by atoms with Gasteiger partial charge >= 0.3 is 0 Å². The molecular weight excluding hydrogens is 108 g/mol. The topological polar surface area (TPSA) is 50.7 Å². The molecule has 0 aliphatic heterocycles. The predicted octanol–water partition coefficient (Wildman–Crippen LogP) is 0.294. The van der Waals surface area contributed by atoms with Crippen molar-refractivity contribution in [3.05, 3.63) is 4.91 Å². The van der Waals surface area contributed by atoms with Gasteiger partial charge in [0.2, 0.25) is 0 Å². The van der Waals surface area contributed by atoms with Crippen molar-refractivity contribution in [1.29, 1.82) is 0 Å². The van der Waals surface area contributed by atoms with Gasteiger partial charge in [0.1, 0.15) is 6.61 Å². The van der Waals surface area contributed by atoms with E-state index in [-0.39, 0.29) is 0 Å². The highest BCUT2D eigenvalue weighted by atomic mass is 16.7. The van der Waals surface area contributed by atoms with E-state index >= 15 is 0 Å². The molecule has 0 aromatic carbocycles. The van der Waals surface area contributed by atoms with Crippen molar-refractivity contribution < 1.29 is 4.84 Å². The Bertz CT molecular complexity index is 58.0. The Hall–Kier alpha value is -0.640. The summed E-state index contributed by atoms with van der Waals surface area (Å²) in [6, 6.07) is 0. The van der Waals surface area contributed by atoms with Crippen molar-refractivity contribution >= 4 is 0 Å². The van der Waals surface area contributed by atoms with Crippen LogP contribution in [0.2, 0.25) is 0 Å². The second-order valence-corrected chi connectivity index (χ2v) is 1.26. The van der Waals surface area contributed by atoms with Crippen LogP contribution in [0.5, 0.6) is 0 Å². The van der Waals surface area contributed by atoms with Crippen molar-refractivity contribution in [3.63, 3.8) is 0 Å². The van der Waals surface area contributed by atoms with E-state index in [0.29, 0.717) is 13.2 Å². The van der Waals surface area contributed by atoms with Gasteiger partial charge in [-0.1, -0.05) is 6.92 Å². The first kappa shape index (κ1) is 7.36. The van der Waals surface area contributed by atoms with Gasteiger partial charge in [0.25, 0.3) is 0 Å². The van der Waals surface area contributed by atoms with E-state index in [1.54, 1.807) is 0 Å². The molecule has 0 fully saturated rings. The van der Waals surface area contributed by atoms with Gasteiger partial charge in [-0.05, 0) is 6.54 Å². The standard InChI is InChI=1S/C4H10N2O2/c1-2-5-3-4-8-6-7/h5H,2-4H2,1H3. The monoisotopic (exact) mass is 118 g/mol. The summed E-state index contributed by atoms with van der Waals surface area (Å²) in [4.78, 5) is 13.4. The summed E-state index contributed by atoms with van der Waals surface area (Å²) >= 11 is 0. The SMILES string of the molecule is CCNCCON=O. The van der Waals surface area contributed by atoms with Crippen LogP contribution in [0.1, 0.15) is 6.92 Å². The van der Waals surface area contributed by atoms with Gasteiger partial charge in [-0.3, -0.25) is 0 Å². The summed E-state index contributed by atoms with van der Waals surface area (Å²) in [6.45, 7) is 3.91. The zero-order valence-electron chi connectivity index (χ0n) is 4.89. The second-order valence-electron chi connectivity index (χ2n) is 1.26. The van der Waals surface area contributed by atoms with Crippen LogP contribution < -0.4 is 5.32 Å². The van der Waals surface area contributed by atoms with Gasteiger partial charge < -0.3 is 10.2 Å². The lowest BCUT2D eigenvalue weighted by Crippen LogP contribution is -2.17. The summed E-state index contributed by atoms with van der Waals surface area (Å²) in [6.07, 6.45) is 0. The van der Waals surface area contributed by atoms with Crippen LogP contribution >= 0.6 is 0 Å². The Morgan fingerprint density at radius 1 is 1.75 bits per heavy atom. The Morgan fingerprint density at radius 3 is 3.00 bits per heavy atom. The summed E-state index contributed by atoms with van der Waals surface area (Å²) < 4.78 is 0. The molecule has 0 saturated heterocycles. The zero-order valence-corrected chi connectivity index (χ0v) is 4.89. The van der Waals surface area contributed by atoms with Crippen LogP contribution in [0.25, 0.3) is 0 Å². The van der Waals surface area contributed by atoms with Crippen molar-refractivity contribution in [2.24, 2.45) is 5.34 Å². The van der Waals surface area contributed by atoms with Gasteiger partial charge in [0.15, 0.2) is 5.34 Å². The average Bonchev–Trinajstić information content (AvgIpc) is 1.81. The lowest BCUT2D eigenvalue weighted by Gasteiger charge is -1.95. The van der Waals surface area contributed by atoms with Gasteiger partial charge in [-0.25, -0.2) is 0 Å². The zero-order chi connectivity index (χ0) is 6.24. The summed E-state index contributed by atoms with van der Waals surface area (Å²) in [5.41, 5.74) is 0. The Labute approximate surface area is 48.1 Å². The first-order chi connectivity index (χ1) is 3.91. The minimum Gasteiger partial charge on any atom is -0.363 e. The van der Waals surface area contributed by atoms with E-state index in [1.807, 2.05) is 6.92 Å². The molecular formula is C4H10N2O2. The molecule has 0 heterocycles. The molecule has 0 rings (SSSR count). The molecule has 0 unspecified atom stereocenters. The van der Waals surface area contributed by atoms with Crippen LogP contribution in [-0.2, 0) is 4.84 Å². The highest BCUT2D eigenvalue weighted by molar-refractivity contribution is 4.37. The minimum atomic E-state index is 0.358. The molecule has 0 radical (unpaired) electrons. The fourth-order valence-corrected chi connectivity index (χ4v) is 0.332. The van der Waals surface area contributed by atoms with E-state index in [9.17, 15) is 4.91 Å². The maximum Gasteiger partial charge on any atom is 0.155 e. The molecule has 0 amide bonds. The van der Waals surface area contributed by atoms with Crippen molar-refractivity contribution in [2.75, 3.05) is 19.7 Å². The van der Waals surface area contributed by atoms with E-state index in [1.165, 1.54) is 0 Å². The quantitative estimate of drug-likeness (QED) is 0.321. The molecule has 0 bridgehead atoms. The lowest BCUT2D eigenvalue weighted by molar-refractivity contribution is 0.142. The second kappa shape index (κ2) is 6.36. The highest BCUT2D eigenvalue weighted by Crippen LogP contribution is 1.69. The molecule has 0 aliphatic rings. The lowest BCUT2D eigenvalue weighted by atomic mass is 10.6. The first-order valence-electron chi connectivity index (χ1n) is 2.57. The van der Waals surface area contributed by atoms with E-state index in [0.717, 1.165) is 6.54 Å². The Morgan fingerprint density at radius 2 is 2.50 bits per heavy atom.